The number of hydrogen-bond donors (Lipinski definition) is 1. The van der Waals surface area contributed by atoms with Crippen LogP contribution in [0.15, 0.2) is 65.6 Å². The quantitative estimate of drug-likeness (QED) is 0.355. The second-order valence-electron chi connectivity index (χ2n) is 11.1. The number of unbranched alkanes of at least 4 members (excludes halogenated alkanes) is 1. The molecule has 1 aliphatic heterocycles. The zero-order chi connectivity index (χ0) is 29.9. The molecule has 0 saturated carbocycles. The van der Waals surface area contributed by atoms with Crippen molar-refractivity contribution in [2.24, 2.45) is 5.92 Å². The van der Waals surface area contributed by atoms with Gasteiger partial charge < -0.3 is 14.9 Å². The second kappa shape index (κ2) is 12.4. The number of anilines is 1. The Morgan fingerprint density at radius 3 is 2.45 bits per heavy atom. The smallest absolute Gasteiger partial charge is 0.303 e. The fourth-order valence-electron chi connectivity index (χ4n) is 5.47. The number of rotatable bonds is 9. The van der Waals surface area contributed by atoms with Crippen LogP contribution < -0.4 is 4.90 Å². The average molecular weight is 589 g/mol. The number of hydrogen-bond acceptors (Lipinski definition) is 7. The molecule has 1 unspecified atom stereocenters. The van der Waals surface area contributed by atoms with Crippen molar-refractivity contribution in [1.29, 1.82) is 0 Å². The van der Waals surface area contributed by atoms with Crippen LogP contribution in [0, 0.1) is 5.92 Å². The molecule has 2 heterocycles. The van der Waals surface area contributed by atoms with E-state index in [1.54, 1.807) is 29.2 Å². The standard InChI is InChI=1S/C32H36N4O5S/c1-22-11-13-23(14-12-22)31-26(7-3-6-10-30(37)38)33-27-21-24(15-16-25(27)34-31)32(39)36-19-17-35(18-20-36)28-8-4-5-9-29(28)42(2,40)41/h4-5,8-9,11,13-16,21-22H,3,6-7,10,12,17-20H2,1-2H3,(H,37,38). The van der Waals surface area contributed by atoms with Crippen molar-refractivity contribution in [3.05, 3.63) is 77.6 Å². The summed E-state index contributed by atoms with van der Waals surface area (Å²) in [5.74, 6) is -0.449. The maximum Gasteiger partial charge on any atom is 0.303 e. The molecular weight excluding hydrogens is 552 g/mol. The number of amides is 1. The van der Waals surface area contributed by atoms with E-state index in [-0.39, 0.29) is 12.3 Å². The Hall–Kier alpha value is -4.05. The van der Waals surface area contributed by atoms with Gasteiger partial charge in [0.2, 0.25) is 0 Å². The second-order valence-corrected chi connectivity index (χ2v) is 13.1. The molecule has 42 heavy (non-hydrogen) atoms. The normalized spacial score (nSPS) is 17.4. The number of allylic oxidation sites excluding steroid dienone is 4. The van der Waals surface area contributed by atoms with Gasteiger partial charge in [-0.05, 0) is 67.5 Å². The van der Waals surface area contributed by atoms with Gasteiger partial charge in [-0.1, -0.05) is 37.3 Å². The maximum atomic E-state index is 13.5. The number of sulfone groups is 1. The third-order valence-electron chi connectivity index (χ3n) is 7.80. The Labute approximate surface area is 246 Å². The lowest BCUT2D eigenvalue weighted by Crippen LogP contribution is -2.49. The molecule has 1 fully saturated rings. The molecule has 1 aromatic heterocycles. The van der Waals surface area contributed by atoms with Crippen molar-refractivity contribution in [2.75, 3.05) is 37.3 Å². The largest absolute Gasteiger partial charge is 0.481 e. The lowest BCUT2D eigenvalue weighted by atomic mass is 9.95. The summed E-state index contributed by atoms with van der Waals surface area (Å²) in [6.45, 7) is 4.14. The summed E-state index contributed by atoms with van der Waals surface area (Å²) >= 11 is 0. The fourth-order valence-corrected chi connectivity index (χ4v) is 6.37. The fraction of sp³-hybridized carbons (Fsp3) is 0.375. The van der Waals surface area contributed by atoms with E-state index in [2.05, 4.69) is 25.2 Å². The molecule has 0 spiro atoms. The molecule has 5 rings (SSSR count). The summed E-state index contributed by atoms with van der Waals surface area (Å²) < 4.78 is 24.6. The van der Waals surface area contributed by atoms with Crippen LogP contribution >= 0.6 is 0 Å². The number of carboxylic acid groups (broad SMARTS) is 1. The first kappa shape index (κ1) is 29.4. The Balaban J connectivity index is 1.35. The van der Waals surface area contributed by atoms with Gasteiger partial charge in [0.15, 0.2) is 9.84 Å². The van der Waals surface area contributed by atoms with E-state index in [0.717, 1.165) is 23.4 Å². The number of carbonyl (C=O) groups excluding carboxylic acids is 1. The van der Waals surface area contributed by atoms with Gasteiger partial charge in [0, 0.05) is 44.4 Å². The highest BCUT2D eigenvalue weighted by atomic mass is 32.2. The summed E-state index contributed by atoms with van der Waals surface area (Å²) in [4.78, 5) is 38.5. The van der Waals surface area contributed by atoms with Crippen LogP contribution in [0.5, 0.6) is 0 Å². The lowest BCUT2D eigenvalue weighted by molar-refractivity contribution is -0.137. The molecule has 9 nitrogen and oxygen atoms in total. The number of para-hydroxylation sites is 1. The van der Waals surface area contributed by atoms with Gasteiger partial charge in [-0.3, -0.25) is 9.59 Å². The molecule has 220 valence electrons. The third-order valence-corrected chi connectivity index (χ3v) is 8.94. The Morgan fingerprint density at radius 2 is 1.76 bits per heavy atom. The highest BCUT2D eigenvalue weighted by Gasteiger charge is 2.26. The summed E-state index contributed by atoms with van der Waals surface area (Å²) in [5.41, 5.74) is 5.16. The van der Waals surface area contributed by atoms with E-state index in [1.807, 2.05) is 23.1 Å². The molecule has 10 heteroatoms. The van der Waals surface area contributed by atoms with Crippen molar-refractivity contribution < 1.29 is 23.1 Å². The number of aryl methyl sites for hydroxylation is 1. The highest BCUT2D eigenvalue weighted by Crippen LogP contribution is 2.29. The summed E-state index contributed by atoms with van der Waals surface area (Å²) in [6.07, 6.45) is 10.5. The number of aliphatic carboxylic acids is 1. The molecule has 2 aliphatic rings. The van der Waals surface area contributed by atoms with E-state index in [0.29, 0.717) is 78.5 Å². The first-order valence-electron chi connectivity index (χ1n) is 14.3. The van der Waals surface area contributed by atoms with Crippen LogP contribution in [0.3, 0.4) is 0 Å². The number of piperazine rings is 1. The van der Waals surface area contributed by atoms with E-state index in [9.17, 15) is 18.0 Å². The summed E-state index contributed by atoms with van der Waals surface area (Å²) in [5, 5.41) is 9.03. The zero-order valence-corrected chi connectivity index (χ0v) is 24.8. The number of nitrogens with zero attached hydrogens (tertiary/aromatic N) is 4. The average Bonchev–Trinajstić information content (AvgIpc) is 2.98. The number of fused-ring (bicyclic) bond motifs is 1. The van der Waals surface area contributed by atoms with Gasteiger partial charge in [-0.2, -0.15) is 0 Å². The van der Waals surface area contributed by atoms with Crippen molar-refractivity contribution in [3.8, 4) is 0 Å². The monoisotopic (exact) mass is 588 g/mol. The molecule has 1 saturated heterocycles. The van der Waals surface area contributed by atoms with Crippen molar-refractivity contribution in [1.82, 2.24) is 14.9 Å². The highest BCUT2D eigenvalue weighted by molar-refractivity contribution is 7.90. The van der Waals surface area contributed by atoms with E-state index >= 15 is 0 Å². The molecule has 1 N–H and O–H groups in total. The number of carboxylic acids is 1. The minimum atomic E-state index is -3.37. The predicted octanol–water partition coefficient (Wildman–Crippen LogP) is 4.77. The third kappa shape index (κ3) is 6.70. The SMILES string of the molecule is CC1C=CC(c2nc3ccc(C(=O)N4CCN(c5ccccc5S(C)(=O)=O)CC4)cc3nc2CCCCC(=O)O)=CC1. The van der Waals surface area contributed by atoms with Crippen molar-refractivity contribution in [2.45, 2.75) is 43.9 Å². The van der Waals surface area contributed by atoms with Gasteiger partial charge in [0.05, 0.1) is 33.0 Å². The first-order chi connectivity index (χ1) is 20.1. The Kier molecular flexibility index (Phi) is 8.72. The Morgan fingerprint density at radius 1 is 1.00 bits per heavy atom. The zero-order valence-electron chi connectivity index (χ0n) is 24.0. The molecule has 0 bridgehead atoms. The van der Waals surface area contributed by atoms with Crippen LogP contribution in [0.4, 0.5) is 5.69 Å². The number of carbonyl (C=O) groups is 2. The molecule has 2 aromatic carbocycles. The minimum absolute atomic E-state index is 0.103. The summed E-state index contributed by atoms with van der Waals surface area (Å²) in [7, 11) is -3.37. The molecule has 0 radical (unpaired) electrons. The molecular formula is C32H36N4O5S. The van der Waals surface area contributed by atoms with Crippen LogP contribution in [0.25, 0.3) is 16.6 Å². The lowest BCUT2D eigenvalue weighted by Gasteiger charge is -2.36. The van der Waals surface area contributed by atoms with Crippen molar-refractivity contribution >= 4 is 44.0 Å². The molecule has 1 atom stereocenters. The molecule has 3 aromatic rings. The van der Waals surface area contributed by atoms with Gasteiger partial charge in [0.1, 0.15) is 0 Å². The minimum Gasteiger partial charge on any atom is -0.481 e. The number of benzene rings is 2. The maximum absolute atomic E-state index is 13.5. The van der Waals surface area contributed by atoms with Crippen LogP contribution in [0.2, 0.25) is 0 Å². The van der Waals surface area contributed by atoms with Gasteiger partial charge in [-0.15, -0.1) is 0 Å². The molecule has 1 amide bonds. The van der Waals surface area contributed by atoms with Crippen LogP contribution in [-0.4, -0.2) is 72.7 Å². The predicted molar refractivity (Wildman–Crippen MR) is 163 cm³/mol. The van der Waals surface area contributed by atoms with Gasteiger partial charge in [0.25, 0.3) is 5.91 Å². The summed E-state index contributed by atoms with van der Waals surface area (Å²) in [6, 6.07) is 12.4. The van der Waals surface area contributed by atoms with Gasteiger partial charge in [-0.25, -0.2) is 18.4 Å². The van der Waals surface area contributed by atoms with Crippen LogP contribution in [0.1, 0.15) is 54.4 Å². The van der Waals surface area contributed by atoms with E-state index in [4.69, 9.17) is 15.1 Å². The first-order valence-corrected chi connectivity index (χ1v) is 16.2. The number of aromatic nitrogens is 2. The van der Waals surface area contributed by atoms with E-state index in [1.165, 1.54) is 6.26 Å². The topological polar surface area (TPSA) is 121 Å². The van der Waals surface area contributed by atoms with Crippen LogP contribution in [-0.2, 0) is 21.1 Å². The van der Waals surface area contributed by atoms with Gasteiger partial charge >= 0.3 is 5.97 Å². The Bertz CT molecular complexity index is 1670. The van der Waals surface area contributed by atoms with Crippen molar-refractivity contribution in [3.63, 3.8) is 0 Å². The molecule has 1 aliphatic carbocycles. The van der Waals surface area contributed by atoms with E-state index < -0.39 is 15.8 Å².